The second kappa shape index (κ2) is 53.2. The highest BCUT2D eigenvalue weighted by Crippen LogP contribution is 2.38. The van der Waals surface area contributed by atoms with Gasteiger partial charge in [-0.3, -0.25) is 81.5 Å². The maximum atomic E-state index is 15.2. The number of aromatic amines is 1. The fourth-order valence-corrected chi connectivity index (χ4v) is 18.0. The average Bonchev–Trinajstić information content (AvgIpc) is 1.11. The number of carbonyl (C=O) groups excluding carboxylic acids is 17. The fraction of sp³-hybridized carbons (Fsp3) is 0.581. The number of para-hydroxylation sites is 1. The predicted molar refractivity (Wildman–Crippen MR) is 542 cm³/mol. The Morgan fingerprint density at radius 2 is 0.856 bits per heavy atom. The van der Waals surface area contributed by atoms with Crippen LogP contribution in [0.3, 0.4) is 0 Å². The van der Waals surface area contributed by atoms with E-state index in [1.165, 1.54) is 33.4 Å². The fourth-order valence-electron chi connectivity index (χ4n) is 18.0. The van der Waals surface area contributed by atoms with Crippen molar-refractivity contribution in [2.24, 2.45) is 23.5 Å². The van der Waals surface area contributed by atoms with Gasteiger partial charge >= 0.3 is 5.97 Å². The zero-order valence-corrected chi connectivity index (χ0v) is 87.0. The number of fused-ring (bicyclic) bond motifs is 1. The Bertz CT molecular complexity index is 5290. The molecule has 4 fully saturated rings. The maximum Gasteiger partial charge on any atom is 0.328 e. The first-order chi connectivity index (χ1) is 68.9. The van der Waals surface area contributed by atoms with E-state index < -0.39 is 252 Å². The van der Waals surface area contributed by atoms with Gasteiger partial charge < -0.3 is 119 Å². The van der Waals surface area contributed by atoms with Crippen molar-refractivity contribution < 1.29 is 106 Å². The molecule has 0 saturated carbocycles. The van der Waals surface area contributed by atoms with Crippen LogP contribution in [-0.4, -0.2) is 303 Å². The number of hydrogen-bond acceptors (Lipinski definition) is 22. The van der Waals surface area contributed by atoms with E-state index in [4.69, 9.17) is 19.9 Å². The van der Waals surface area contributed by atoms with Crippen molar-refractivity contribution in [2.45, 2.75) is 308 Å². The number of ether oxygens (including phenoxy) is 3. The lowest BCUT2D eigenvalue weighted by atomic mass is 9.77. The molecule has 4 aromatic carbocycles. The van der Waals surface area contributed by atoms with Gasteiger partial charge in [-0.05, 0) is 186 Å². The van der Waals surface area contributed by atoms with Crippen molar-refractivity contribution in [3.05, 3.63) is 144 Å². The summed E-state index contributed by atoms with van der Waals surface area (Å²) in [4.78, 5) is 264. The summed E-state index contributed by atoms with van der Waals surface area (Å²) < 4.78 is 17.6. The van der Waals surface area contributed by atoms with Crippen molar-refractivity contribution >= 4 is 117 Å². The number of hydrogen-bond donors (Lipinski definition) is 16. The lowest BCUT2D eigenvalue weighted by molar-refractivity contribution is -0.151. The van der Waals surface area contributed by atoms with E-state index in [9.17, 15) is 81.8 Å². The van der Waals surface area contributed by atoms with Gasteiger partial charge in [0.1, 0.15) is 78.0 Å². The molecule has 17 amide bonds. The molecular formula is C105H151N19O22. The Labute approximate surface area is 853 Å². The molecule has 1 aromatic heterocycles. The van der Waals surface area contributed by atoms with Crippen molar-refractivity contribution in [2.75, 3.05) is 65.6 Å². The third-order valence-corrected chi connectivity index (χ3v) is 26.2. The first-order valence-electron chi connectivity index (χ1n) is 50.6. The van der Waals surface area contributed by atoms with E-state index in [0.717, 1.165) is 27.6 Å². The maximum absolute atomic E-state index is 15.2. The Morgan fingerprint density at radius 3 is 1.38 bits per heavy atom. The number of nitrogens with zero attached hydrogens (tertiary/aromatic N) is 4. The summed E-state index contributed by atoms with van der Waals surface area (Å²) in [6.45, 7) is 26.1. The minimum Gasteiger partial charge on any atom is -0.480 e. The van der Waals surface area contributed by atoms with Gasteiger partial charge in [0, 0.05) is 56.1 Å². The van der Waals surface area contributed by atoms with Crippen LogP contribution >= 0.6 is 0 Å². The third kappa shape index (κ3) is 33.1. The lowest BCUT2D eigenvalue weighted by Gasteiger charge is -2.37. The summed E-state index contributed by atoms with van der Waals surface area (Å²) in [6, 6.07) is 17.8. The number of H-pyrrole nitrogens is 1. The number of benzene rings is 4. The number of rotatable bonds is 49. The Hall–Kier alpha value is -13.3. The zero-order chi connectivity index (χ0) is 107. The van der Waals surface area contributed by atoms with Gasteiger partial charge in [0.05, 0.1) is 62.3 Å². The summed E-state index contributed by atoms with van der Waals surface area (Å²) in [5.41, 5.74) is 6.26. The standard InChI is InChI=1S/C105H151N19O22/c1-18-63(6)87(119-92(133)73(52-61(2)3)114-91(132)74(53-66-54-107-71-41-29-28-40-70(66)71)115-90(131)72(113-96(137)86(106)62(4)5)46-47-82(125)120-105(67-34-22-19-23-35-67,68-36-24-20-25-37-68)69-38-26-21-27-39-69)97(138)112-64(7)88(129)109-55-83(126)108-57-85(128)121-48-30-42-78(121)94(135)117-76(59-145-103(12,13)14)93(134)116-75(58-144-102(9,10)11)89(130)110-56-84(127)111-65(8)98(139)123-50-32-44-80(123)100(141)124-51-33-45-81(124)99(140)122-49-31-43-79(122)95(136)118-77(101(142)143)60-146-104(15,16)17/h19-29,34-41,54,61-65,72-81,86-87,107H,18,30-33,42-53,55-60,106H2,1-17H3,(H,108,126)(H,109,129)(H,110,130)(H,111,127)(H,112,138)(H,113,137)(H,114,132)(H,115,131)(H,116,134)(H,117,135)(H,118,136)(H,119,133)(H,120,125)(H,142,143)/t63-,64-,65-,72-,73-,74-,75-,76-,77-,78-,79-,80-,81-,86-,87-/m0/s1. The van der Waals surface area contributed by atoms with Crippen LogP contribution in [-0.2, 0) is 112 Å². The van der Waals surface area contributed by atoms with Crippen LogP contribution in [0.15, 0.2) is 121 Å². The van der Waals surface area contributed by atoms with Crippen LogP contribution in [0.1, 0.15) is 217 Å². The molecule has 0 unspecified atom stereocenters. The Balaban J connectivity index is 0.777. The summed E-state index contributed by atoms with van der Waals surface area (Å²) in [5.74, 6) is -15.1. The quantitative estimate of drug-likeness (QED) is 0.0249. The number of aliphatic carboxylic acids is 1. The van der Waals surface area contributed by atoms with Gasteiger partial charge in [0.25, 0.3) is 0 Å². The molecular weight excluding hydrogens is 1880 g/mol. The number of carbonyl (C=O) groups is 18. The minimum atomic E-state index is -1.52. The second-order valence-electron chi connectivity index (χ2n) is 41.8. The molecule has 9 rings (SSSR count). The van der Waals surface area contributed by atoms with Gasteiger partial charge in [0.15, 0.2) is 6.04 Å². The molecule has 15 atom stereocenters. The van der Waals surface area contributed by atoms with E-state index in [1.807, 2.05) is 123 Å². The SMILES string of the molecule is CC[C@H](C)[C@H](NC(=O)[C@H](CC(C)C)NC(=O)[C@H](Cc1c[nH]c2ccccc12)NC(=O)[C@H](CCC(=O)NC(c1ccccc1)(c1ccccc1)c1ccccc1)NC(=O)[C@@H](N)C(C)C)C(=O)N[C@@H](C)C(=O)NCC(=O)NCC(=O)N1CCC[C@H]1C(=O)N[C@@H](COC(C)(C)C)C(=O)N[C@@H](COC(C)(C)C)C(=O)NCC(=O)N[C@@H](C)C(=O)N1CCC[C@H]1C(=O)N1CCC[C@H]1C(=O)N1CCC[C@H]1C(=O)N[C@@H](COC(C)(C)C)C(=O)O. The number of amides is 17. The van der Waals surface area contributed by atoms with Crippen molar-refractivity contribution in [1.29, 1.82) is 0 Å². The molecule has 4 aliphatic heterocycles. The third-order valence-electron chi connectivity index (χ3n) is 26.2. The van der Waals surface area contributed by atoms with Gasteiger partial charge in [-0.25, -0.2) is 4.79 Å². The van der Waals surface area contributed by atoms with Crippen LogP contribution in [0.2, 0.25) is 0 Å². The summed E-state index contributed by atoms with van der Waals surface area (Å²) in [7, 11) is 0. The molecule has 41 nitrogen and oxygen atoms in total. The highest BCUT2D eigenvalue weighted by Gasteiger charge is 2.49. The minimum absolute atomic E-state index is 0.0242. The highest BCUT2D eigenvalue weighted by atomic mass is 16.5. The average molecular weight is 2030 g/mol. The van der Waals surface area contributed by atoms with E-state index in [0.29, 0.717) is 37.7 Å². The van der Waals surface area contributed by atoms with Crippen molar-refractivity contribution in [3.8, 4) is 0 Å². The van der Waals surface area contributed by atoms with Crippen LogP contribution in [0.5, 0.6) is 0 Å². The number of nitrogens with one attached hydrogen (secondary N) is 14. The topological polar surface area (TPSA) is 566 Å². The van der Waals surface area contributed by atoms with Crippen molar-refractivity contribution in [1.82, 2.24) is 93.7 Å². The first kappa shape index (κ1) is 116. The van der Waals surface area contributed by atoms with E-state index >= 15 is 9.59 Å². The zero-order valence-electron chi connectivity index (χ0n) is 87.0. The monoisotopic (exact) mass is 2030 g/mol. The normalized spacial score (nSPS) is 18.3. The smallest absolute Gasteiger partial charge is 0.328 e. The summed E-state index contributed by atoms with van der Waals surface area (Å²) >= 11 is 0. The van der Waals surface area contributed by atoms with Gasteiger partial charge in [0.2, 0.25) is 100 Å². The molecule has 0 spiro atoms. The summed E-state index contributed by atoms with van der Waals surface area (Å²) in [5, 5.41) is 45.5. The van der Waals surface area contributed by atoms with Crippen LogP contribution in [0, 0.1) is 17.8 Å². The molecule has 146 heavy (non-hydrogen) atoms. The molecule has 17 N–H and O–H groups in total. The van der Waals surface area contributed by atoms with Gasteiger partial charge in [-0.1, -0.05) is 157 Å². The number of aromatic nitrogens is 1. The Morgan fingerprint density at radius 1 is 0.425 bits per heavy atom. The number of likely N-dealkylation sites (tertiary alicyclic amines) is 4. The van der Waals surface area contributed by atoms with E-state index in [2.05, 4.69) is 74.1 Å². The predicted octanol–water partition coefficient (Wildman–Crippen LogP) is 2.92. The molecule has 4 saturated heterocycles. The number of carboxylic acid groups (broad SMARTS) is 1. The number of carboxylic acids is 1. The largest absolute Gasteiger partial charge is 0.480 e. The summed E-state index contributed by atoms with van der Waals surface area (Å²) in [6.07, 6.45) is 3.89. The first-order valence-corrected chi connectivity index (χ1v) is 50.6. The molecule has 0 bridgehead atoms. The highest BCUT2D eigenvalue weighted by molar-refractivity contribution is 6.02. The van der Waals surface area contributed by atoms with E-state index in [-0.39, 0.29) is 96.0 Å². The molecule has 0 radical (unpaired) electrons. The van der Waals surface area contributed by atoms with Crippen LogP contribution in [0.4, 0.5) is 0 Å². The molecule has 5 heterocycles. The molecule has 4 aliphatic rings. The lowest BCUT2D eigenvalue weighted by Crippen LogP contribution is -2.61. The van der Waals surface area contributed by atoms with Gasteiger partial charge in [-0.15, -0.1) is 0 Å². The van der Waals surface area contributed by atoms with Crippen LogP contribution in [0.25, 0.3) is 10.9 Å². The Kier molecular flexibility index (Phi) is 42.4. The number of nitrogens with two attached hydrogens (primary N) is 1. The molecule has 5 aromatic rings. The second-order valence-corrected chi connectivity index (χ2v) is 41.8. The molecule has 0 aliphatic carbocycles. The van der Waals surface area contributed by atoms with Crippen molar-refractivity contribution in [3.63, 3.8) is 0 Å². The van der Waals surface area contributed by atoms with Crippen LogP contribution < -0.4 is 74.9 Å². The molecule has 41 heteroatoms. The van der Waals surface area contributed by atoms with Gasteiger partial charge in [-0.2, -0.15) is 0 Å². The molecule has 798 valence electrons. The van der Waals surface area contributed by atoms with E-state index in [1.54, 1.807) is 102 Å².